The first-order valence-electron chi connectivity index (χ1n) is 11.1. The van der Waals surface area contributed by atoms with Crippen molar-refractivity contribution in [3.63, 3.8) is 0 Å². The molecule has 0 atom stereocenters. The number of nitriles is 1. The van der Waals surface area contributed by atoms with E-state index < -0.39 is 0 Å². The second-order valence-electron chi connectivity index (χ2n) is 7.78. The van der Waals surface area contributed by atoms with Crippen LogP contribution in [-0.4, -0.2) is 29.7 Å². The zero-order chi connectivity index (χ0) is 22.9. The van der Waals surface area contributed by atoms with Crippen LogP contribution in [0.2, 0.25) is 0 Å². The fourth-order valence-corrected chi connectivity index (χ4v) is 6.05. The predicted molar refractivity (Wildman–Crippen MR) is 128 cm³/mol. The van der Waals surface area contributed by atoms with E-state index in [1.807, 2.05) is 6.07 Å². The summed E-state index contributed by atoms with van der Waals surface area (Å²) in [5, 5.41) is 13.6. The number of ether oxygens (including phenoxy) is 1. The van der Waals surface area contributed by atoms with Crippen LogP contribution in [0.4, 0.5) is 5.00 Å². The van der Waals surface area contributed by atoms with Crippen LogP contribution in [0.3, 0.4) is 0 Å². The minimum Gasteiger partial charge on any atom is -0.465 e. The van der Waals surface area contributed by atoms with Crippen molar-refractivity contribution in [1.82, 2.24) is 4.98 Å². The summed E-state index contributed by atoms with van der Waals surface area (Å²) >= 11 is 2.92. The normalized spacial score (nSPS) is 13.4. The molecule has 8 heteroatoms. The number of thioether (sulfide) groups is 1. The van der Waals surface area contributed by atoms with E-state index >= 15 is 0 Å². The summed E-state index contributed by atoms with van der Waals surface area (Å²) in [7, 11) is 1.38. The van der Waals surface area contributed by atoms with Crippen LogP contribution in [-0.2, 0) is 28.8 Å². The van der Waals surface area contributed by atoms with Gasteiger partial charge in [-0.3, -0.25) is 4.79 Å². The van der Waals surface area contributed by atoms with Crippen molar-refractivity contribution in [2.24, 2.45) is 0 Å². The lowest BCUT2D eigenvalue weighted by molar-refractivity contribution is -0.115. The number of anilines is 1. The molecule has 32 heavy (non-hydrogen) atoms. The van der Waals surface area contributed by atoms with E-state index in [9.17, 15) is 14.9 Å². The Morgan fingerprint density at radius 2 is 2.03 bits per heavy atom. The van der Waals surface area contributed by atoms with Crippen LogP contribution in [0.15, 0.2) is 17.2 Å². The molecule has 2 heterocycles. The van der Waals surface area contributed by atoms with Gasteiger partial charge >= 0.3 is 5.97 Å². The molecule has 6 nitrogen and oxygen atoms in total. The van der Waals surface area contributed by atoms with E-state index in [2.05, 4.69) is 23.3 Å². The Morgan fingerprint density at radius 3 is 2.75 bits per heavy atom. The van der Waals surface area contributed by atoms with Gasteiger partial charge in [0.25, 0.3) is 0 Å². The molecule has 0 unspecified atom stereocenters. The van der Waals surface area contributed by atoms with Crippen molar-refractivity contribution in [1.29, 1.82) is 5.26 Å². The fourth-order valence-electron chi connectivity index (χ4n) is 3.82. The summed E-state index contributed by atoms with van der Waals surface area (Å²) in [6.45, 7) is 2.09. The standard InChI is InChI=1S/C24H29N3O3S2/c1-3-8-17-12-11-16(15-25)22(26-17)31-14-13-20(28)27-23-21(24(29)30-2)18-9-6-4-5-7-10-19(18)32-23/h11-12H,3-10,13-14H2,1-2H3,(H,27,28). The number of amides is 1. The number of nitrogens with zero attached hydrogens (tertiary/aromatic N) is 2. The van der Waals surface area contributed by atoms with Crippen LogP contribution in [0.25, 0.3) is 0 Å². The summed E-state index contributed by atoms with van der Waals surface area (Å²) in [5.74, 6) is -0.0368. The summed E-state index contributed by atoms with van der Waals surface area (Å²) < 4.78 is 5.02. The number of hydrogen-bond acceptors (Lipinski definition) is 7. The van der Waals surface area contributed by atoms with Crippen LogP contribution in [0.1, 0.15) is 77.5 Å². The van der Waals surface area contributed by atoms with Gasteiger partial charge in [0.15, 0.2) is 0 Å². The van der Waals surface area contributed by atoms with Gasteiger partial charge in [0.1, 0.15) is 16.1 Å². The zero-order valence-corrected chi connectivity index (χ0v) is 20.3. The van der Waals surface area contributed by atoms with Crippen molar-refractivity contribution in [2.75, 3.05) is 18.2 Å². The van der Waals surface area contributed by atoms with E-state index in [0.29, 0.717) is 26.9 Å². The average Bonchev–Trinajstić information content (AvgIpc) is 3.09. The maximum Gasteiger partial charge on any atom is 0.341 e. The van der Waals surface area contributed by atoms with E-state index in [1.165, 1.54) is 41.5 Å². The number of aryl methyl sites for hydroxylation is 2. The summed E-state index contributed by atoms with van der Waals surface area (Å²) in [6, 6.07) is 5.85. The number of hydrogen-bond donors (Lipinski definition) is 1. The van der Waals surface area contributed by atoms with Crippen molar-refractivity contribution < 1.29 is 14.3 Å². The number of carbonyl (C=O) groups is 2. The first-order chi connectivity index (χ1) is 15.6. The molecule has 0 aromatic carbocycles. The number of rotatable bonds is 8. The molecule has 2 aromatic rings. The molecule has 170 valence electrons. The maximum atomic E-state index is 12.7. The number of esters is 1. The van der Waals surface area contributed by atoms with Crippen molar-refractivity contribution >= 4 is 40.0 Å². The Labute approximate surface area is 197 Å². The van der Waals surface area contributed by atoms with Crippen molar-refractivity contribution in [3.05, 3.63) is 39.4 Å². The molecule has 0 saturated carbocycles. The summed E-state index contributed by atoms with van der Waals surface area (Å²) in [6.07, 6.45) is 8.39. The third-order valence-corrected chi connectivity index (χ3v) is 7.63. The molecular weight excluding hydrogens is 442 g/mol. The molecule has 1 amide bonds. The lowest BCUT2D eigenvalue weighted by Gasteiger charge is -2.11. The lowest BCUT2D eigenvalue weighted by Crippen LogP contribution is -2.15. The number of aromatic nitrogens is 1. The van der Waals surface area contributed by atoms with Crippen molar-refractivity contribution in [2.45, 2.75) is 69.7 Å². The minimum atomic E-state index is -0.386. The van der Waals surface area contributed by atoms with Gasteiger partial charge in [-0.25, -0.2) is 9.78 Å². The van der Waals surface area contributed by atoms with Gasteiger partial charge in [-0.05, 0) is 49.8 Å². The Bertz CT molecular complexity index is 1010. The first-order valence-corrected chi connectivity index (χ1v) is 12.9. The van der Waals surface area contributed by atoms with E-state index in [1.54, 1.807) is 6.07 Å². The number of methoxy groups -OCH3 is 1. The average molecular weight is 472 g/mol. The SMILES string of the molecule is CCCc1ccc(C#N)c(SCCC(=O)Nc2sc3c(c2C(=O)OC)CCCCCC3)n1. The Morgan fingerprint density at radius 1 is 1.25 bits per heavy atom. The van der Waals surface area contributed by atoms with Gasteiger partial charge in [-0.1, -0.05) is 26.2 Å². The van der Waals surface area contributed by atoms with E-state index in [-0.39, 0.29) is 18.3 Å². The second-order valence-corrected chi connectivity index (χ2v) is 9.97. The van der Waals surface area contributed by atoms with Crippen LogP contribution in [0, 0.1) is 11.3 Å². The Hall–Kier alpha value is -2.37. The molecule has 0 saturated heterocycles. The molecule has 1 aliphatic rings. The number of carbonyl (C=O) groups excluding carboxylic acids is 2. The monoisotopic (exact) mass is 471 g/mol. The molecule has 1 N–H and O–H groups in total. The molecule has 0 radical (unpaired) electrons. The quantitative estimate of drug-likeness (QED) is 0.402. The van der Waals surface area contributed by atoms with Gasteiger partial charge < -0.3 is 10.1 Å². The highest BCUT2D eigenvalue weighted by atomic mass is 32.2. The molecule has 0 fully saturated rings. The van der Waals surface area contributed by atoms with Gasteiger partial charge in [-0.15, -0.1) is 23.1 Å². The summed E-state index contributed by atoms with van der Waals surface area (Å²) in [5.41, 5.74) is 3.05. The van der Waals surface area contributed by atoms with Crippen LogP contribution >= 0.6 is 23.1 Å². The number of pyridine rings is 1. The van der Waals surface area contributed by atoms with E-state index in [4.69, 9.17) is 4.74 Å². The van der Waals surface area contributed by atoms with Crippen molar-refractivity contribution in [3.8, 4) is 6.07 Å². The highest BCUT2D eigenvalue weighted by Gasteiger charge is 2.25. The lowest BCUT2D eigenvalue weighted by atomic mass is 9.96. The number of thiophene rings is 1. The Balaban J connectivity index is 1.68. The summed E-state index contributed by atoms with van der Waals surface area (Å²) in [4.78, 5) is 30.9. The molecule has 3 rings (SSSR count). The maximum absolute atomic E-state index is 12.7. The van der Waals surface area contributed by atoms with Gasteiger partial charge in [0, 0.05) is 22.7 Å². The van der Waals surface area contributed by atoms with Gasteiger partial charge in [0.05, 0.1) is 18.2 Å². The largest absolute Gasteiger partial charge is 0.465 e. The topological polar surface area (TPSA) is 92.1 Å². The molecule has 0 bridgehead atoms. The van der Waals surface area contributed by atoms with Crippen LogP contribution < -0.4 is 5.32 Å². The fraction of sp³-hybridized carbons (Fsp3) is 0.500. The molecule has 1 aliphatic carbocycles. The minimum absolute atomic E-state index is 0.153. The second kappa shape index (κ2) is 12.0. The third-order valence-electron chi connectivity index (χ3n) is 5.43. The number of fused-ring (bicyclic) bond motifs is 1. The third kappa shape index (κ3) is 6.11. The molecule has 2 aromatic heterocycles. The van der Waals surface area contributed by atoms with Crippen LogP contribution in [0.5, 0.6) is 0 Å². The highest BCUT2D eigenvalue weighted by Crippen LogP contribution is 2.37. The molecule has 0 spiro atoms. The zero-order valence-electron chi connectivity index (χ0n) is 18.7. The highest BCUT2D eigenvalue weighted by molar-refractivity contribution is 7.99. The molecule has 0 aliphatic heterocycles. The Kier molecular flexibility index (Phi) is 9.12. The van der Waals surface area contributed by atoms with E-state index in [0.717, 1.165) is 56.2 Å². The number of nitrogens with one attached hydrogen (secondary N) is 1. The first kappa shape index (κ1) is 24.3. The molecular formula is C24H29N3O3S2. The van der Waals surface area contributed by atoms with Gasteiger partial charge in [-0.2, -0.15) is 5.26 Å². The van der Waals surface area contributed by atoms with Gasteiger partial charge in [0.2, 0.25) is 5.91 Å². The smallest absolute Gasteiger partial charge is 0.341 e. The predicted octanol–water partition coefficient (Wildman–Crippen LogP) is 5.53.